The summed E-state index contributed by atoms with van der Waals surface area (Å²) in [6.45, 7) is 8.58. The lowest BCUT2D eigenvalue weighted by Gasteiger charge is -2.31. The van der Waals surface area contributed by atoms with Gasteiger partial charge in [0.1, 0.15) is 0 Å². The molecule has 0 spiro atoms. The van der Waals surface area contributed by atoms with Gasteiger partial charge in [0.05, 0.1) is 5.92 Å². The maximum Gasteiger partial charge on any atom is 0.248 e. The third-order valence-corrected chi connectivity index (χ3v) is 4.24. The van der Waals surface area contributed by atoms with Crippen LogP contribution in [0.15, 0.2) is 36.4 Å². The first kappa shape index (κ1) is 19.2. The van der Waals surface area contributed by atoms with E-state index in [1.54, 1.807) is 6.08 Å². The highest BCUT2D eigenvalue weighted by atomic mass is 16.1. The predicted molar refractivity (Wildman–Crippen MR) is 101 cm³/mol. The van der Waals surface area contributed by atoms with Crippen LogP contribution in [0.25, 0.3) is 0 Å². The lowest BCUT2D eigenvalue weighted by molar-refractivity contribution is -0.123. The van der Waals surface area contributed by atoms with Crippen molar-refractivity contribution in [2.24, 2.45) is 17.1 Å². The van der Waals surface area contributed by atoms with Crippen LogP contribution in [-0.2, 0) is 16.1 Å². The Morgan fingerprint density at radius 3 is 2.80 bits per heavy atom. The number of anilines is 1. The first-order valence-corrected chi connectivity index (χ1v) is 8.84. The van der Waals surface area contributed by atoms with E-state index in [9.17, 15) is 9.59 Å². The zero-order valence-corrected chi connectivity index (χ0v) is 15.4. The summed E-state index contributed by atoms with van der Waals surface area (Å²) >= 11 is 0. The molecule has 2 amide bonds. The molecule has 5 heteroatoms. The highest BCUT2D eigenvalue weighted by molar-refractivity contribution is 5.99. The number of allylic oxidation sites excluding steroid dienone is 1. The van der Waals surface area contributed by atoms with Gasteiger partial charge in [0.25, 0.3) is 0 Å². The number of amides is 2. The standard InChI is InChI=1S/C20H29N3O2/c1-20(2,3)10-9-18(24)22-17-8-4-6-15(12-17)13-23-11-5-7-16(14-23)19(21)25/h4,6,8-10,12,16H,5,7,11,13-14H2,1-3H3,(H2,21,25)(H,22,24)/b10-9+/t16-/m0/s1. The molecule has 1 aliphatic heterocycles. The molecule has 1 saturated heterocycles. The second kappa shape index (κ2) is 8.30. The van der Waals surface area contributed by atoms with Crippen LogP contribution in [0.5, 0.6) is 0 Å². The Bertz CT molecular complexity index is 647. The van der Waals surface area contributed by atoms with E-state index in [2.05, 4.69) is 31.0 Å². The second-order valence-corrected chi connectivity index (χ2v) is 7.87. The zero-order chi connectivity index (χ0) is 18.4. The molecule has 0 aliphatic carbocycles. The average Bonchev–Trinajstić information content (AvgIpc) is 2.53. The monoisotopic (exact) mass is 343 g/mol. The zero-order valence-electron chi connectivity index (χ0n) is 15.4. The number of carbonyl (C=O) groups excluding carboxylic acids is 2. The van der Waals surface area contributed by atoms with E-state index in [0.29, 0.717) is 6.54 Å². The summed E-state index contributed by atoms with van der Waals surface area (Å²) in [6, 6.07) is 7.84. The van der Waals surface area contributed by atoms with Crippen LogP contribution in [0.3, 0.4) is 0 Å². The number of carbonyl (C=O) groups is 2. The van der Waals surface area contributed by atoms with Crippen LogP contribution in [0.1, 0.15) is 39.2 Å². The SMILES string of the molecule is CC(C)(C)/C=C/C(=O)Nc1cccc(CN2CCC[C@H](C(N)=O)C2)c1. The van der Waals surface area contributed by atoms with Gasteiger partial charge in [0, 0.05) is 18.8 Å². The highest BCUT2D eigenvalue weighted by Gasteiger charge is 2.23. The Labute approximate surface area is 150 Å². The fourth-order valence-electron chi connectivity index (χ4n) is 2.95. The van der Waals surface area contributed by atoms with Crippen molar-refractivity contribution in [1.29, 1.82) is 0 Å². The fourth-order valence-corrected chi connectivity index (χ4v) is 2.95. The number of likely N-dealkylation sites (tertiary alicyclic amines) is 1. The minimum absolute atomic E-state index is 0.0234. The lowest BCUT2D eigenvalue weighted by atomic mass is 9.96. The van der Waals surface area contributed by atoms with Crippen LogP contribution in [0.4, 0.5) is 5.69 Å². The molecule has 1 atom stereocenters. The van der Waals surface area contributed by atoms with Crippen molar-refractivity contribution in [3.8, 4) is 0 Å². The van der Waals surface area contributed by atoms with Gasteiger partial charge < -0.3 is 11.1 Å². The number of hydrogen-bond acceptors (Lipinski definition) is 3. The maximum absolute atomic E-state index is 12.0. The topological polar surface area (TPSA) is 75.4 Å². The lowest BCUT2D eigenvalue weighted by Crippen LogP contribution is -2.40. The third kappa shape index (κ3) is 6.70. The van der Waals surface area contributed by atoms with Gasteiger partial charge >= 0.3 is 0 Å². The molecule has 0 unspecified atom stereocenters. The molecule has 1 heterocycles. The summed E-state index contributed by atoms with van der Waals surface area (Å²) in [6.07, 6.45) is 5.34. The van der Waals surface area contributed by atoms with Gasteiger partial charge in [-0.2, -0.15) is 0 Å². The largest absolute Gasteiger partial charge is 0.369 e. The van der Waals surface area contributed by atoms with Gasteiger partial charge in [-0.3, -0.25) is 14.5 Å². The van der Waals surface area contributed by atoms with Crippen LogP contribution in [0, 0.1) is 11.3 Å². The third-order valence-electron chi connectivity index (χ3n) is 4.24. The number of nitrogens with zero attached hydrogens (tertiary/aromatic N) is 1. The van der Waals surface area contributed by atoms with E-state index in [1.807, 2.05) is 30.3 Å². The minimum atomic E-state index is -0.212. The van der Waals surface area contributed by atoms with Crippen LogP contribution < -0.4 is 11.1 Å². The number of piperidine rings is 1. The van der Waals surface area contributed by atoms with Crippen molar-refractivity contribution in [2.75, 3.05) is 18.4 Å². The molecule has 5 nitrogen and oxygen atoms in total. The first-order chi connectivity index (χ1) is 11.7. The molecule has 1 aromatic rings. The molecule has 0 radical (unpaired) electrons. The number of hydrogen-bond donors (Lipinski definition) is 2. The number of benzene rings is 1. The second-order valence-electron chi connectivity index (χ2n) is 7.87. The van der Waals surface area contributed by atoms with Crippen molar-refractivity contribution in [3.63, 3.8) is 0 Å². The van der Waals surface area contributed by atoms with Gasteiger partial charge in [-0.1, -0.05) is 39.0 Å². The van der Waals surface area contributed by atoms with Gasteiger partial charge in [-0.15, -0.1) is 0 Å². The molecular formula is C20H29N3O2. The summed E-state index contributed by atoms with van der Waals surface area (Å²) in [7, 11) is 0. The van der Waals surface area contributed by atoms with Crippen molar-refractivity contribution in [2.45, 2.75) is 40.2 Å². The molecular weight excluding hydrogens is 314 g/mol. The summed E-state index contributed by atoms with van der Waals surface area (Å²) < 4.78 is 0. The molecule has 0 aromatic heterocycles. The molecule has 2 rings (SSSR count). The Balaban J connectivity index is 1.95. The van der Waals surface area contributed by atoms with Crippen molar-refractivity contribution >= 4 is 17.5 Å². The fraction of sp³-hybridized carbons (Fsp3) is 0.500. The summed E-state index contributed by atoms with van der Waals surface area (Å²) in [5.74, 6) is -0.394. The molecule has 136 valence electrons. The van der Waals surface area contributed by atoms with E-state index >= 15 is 0 Å². The molecule has 25 heavy (non-hydrogen) atoms. The first-order valence-electron chi connectivity index (χ1n) is 8.84. The molecule has 1 fully saturated rings. The van der Waals surface area contributed by atoms with E-state index in [0.717, 1.165) is 37.2 Å². The number of nitrogens with one attached hydrogen (secondary N) is 1. The molecule has 0 saturated carbocycles. The quantitative estimate of drug-likeness (QED) is 0.807. The Morgan fingerprint density at radius 1 is 1.36 bits per heavy atom. The molecule has 1 aliphatic rings. The molecule has 1 aromatic carbocycles. The van der Waals surface area contributed by atoms with E-state index in [-0.39, 0.29) is 23.1 Å². The smallest absolute Gasteiger partial charge is 0.248 e. The minimum Gasteiger partial charge on any atom is -0.369 e. The van der Waals surface area contributed by atoms with Crippen molar-refractivity contribution < 1.29 is 9.59 Å². The number of nitrogens with two attached hydrogens (primary N) is 1. The molecule has 0 bridgehead atoms. The predicted octanol–water partition coefficient (Wildman–Crippen LogP) is 2.92. The normalized spacial score (nSPS) is 19.1. The maximum atomic E-state index is 12.0. The number of rotatable bonds is 5. The Kier molecular flexibility index (Phi) is 6.37. The van der Waals surface area contributed by atoms with E-state index in [1.165, 1.54) is 0 Å². The highest BCUT2D eigenvalue weighted by Crippen LogP contribution is 2.20. The summed E-state index contributed by atoms with van der Waals surface area (Å²) in [5.41, 5.74) is 7.31. The van der Waals surface area contributed by atoms with Gasteiger partial charge in [0.2, 0.25) is 11.8 Å². The van der Waals surface area contributed by atoms with Crippen LogP contribution >= 0.6 is 0 Å². The van der Waals surface area contributed by atoms with Gasteiger partial charge in [-0.25, -0.2) is 0 Å². The summed E-state index contributed by atoms with van der Waals surface area (Å²) in [4.78, 5) is 25.7. The summed E-state index contributed by atoms with van der Waals surface area (Å²) in [5, 5.41) is 2.90. The van der Waals surface area contributed by atoms with Crippen molar-refractivity contribution in [1.82, 2.24) is 4.90 Å². The van der Waals surface area contributed by atoms with Crippen molar-refractivity contribution in [3.05, 3.63) is 42.0 Å². The van der Waals surface area contributed by atoms with E-state index < -0.39 is 0 Å². The van der Waals surface area contributed by atoms with Crippen LogP contribution in [-0.4, -0.2) is 29.8 Å². The Morgan fingerprint density at radius 2 is 2.12 bits per heavy atom. The molecule has 3 N–H and O–H groups in total. The van der Waals surface area contributed by atoms with Gasteiger partial charge in [-0.05, 0) is 48.6 Å². The van der Waals surface area contributed by atoms with E-state index in [4.69, 9.17) is 5.73 Å². The van der Waals surface area contributed by atoms with Crippen LogP contribution in [0.2, 0.25) is 0 Å². The van der Waals surface area contributed by atoms with Gasteiger partial charge in [0.15, 0.2) is 0 Å². The average molecular weight is 343 g/mol. The Hall–Kier alpha value is -2.14. The number of primary amides is 1.